The number of nitrogens with zero attached hydrogens (tertiary/aromatic N) is 2. The second kappa shape index (κ2) is 5.03. The zero-order valence-electron chi connectivity index (χ0n) is 8.88. The van der Waals surface area contributed by atoms with Crippen LogP contribution < -0.4 is 4.74 Å². The summed E-state index contributed by atoms with van der Waals surface area (Å²) >= 11 is 1.65. The molecule has 1 aliphatic heterocycles. The second-order valence-corrected chi connectivity index (χ2v) is 4.26. The summed E-state index contributed by atoms with van der Waals surface area (Å²) in [5.41, 5.74) is 0.879. The van der Waals surface area contributed by atoms with Crippen molar-refractivity contribution in [3.63, 3.8) is 0 Å². The van der Waals surface area contributed by atoms with Crippen LogP contribution in [0.5, 0.6) is 11.5 Å². The molecule has 0 radical (unpaired) electrons. The first kappa shape index (κ1) is 11.0. The van der Waals surface area contributed by atoms with E-state index in [1.54, 1.807) is 36.2 Å². The maximum absolute atomic E-state index is 9.42. The van der Waals surface area contributed by atoms with Crippen molar-refractivity contribution in [1.29, 1.82) is 0 Å². The number of aromatic hydroxyl groups is 1. The number of methoxy groups -OCH3 is 1. The summed E-state index contributed by atoms with van der Waals surface area (Å²) < 4.78 is 5.01. The first-order valence-corrected chi connectivity index (χ1v) is 5.86. The van der Waals surface area contributed by atoms with Crippen LogP contribution in [0, 0.1) is 0 Å². The Kier molecular flexibility index (Phi) is 3.46. The van der Waals surface area contributed by atoms with Crippen molar-refractivity contribution in [3.8, 4) is 11.5 Å². The average Bonchev–Trinajstić information content (AvgIpc) is 2.81. The van der Waals surface area contributed by atoms with E-state index in [1.807, 2.05) is 0 Å². The molecule has 1 aliphatic rings. The molecule has 0 atom stereocenters. The second-order valence-electron chi connectivity index (χ2n) is 3.20. The predicted octanol–water partition coefficient (Wildman–Crippen LogP) is 1.92. The number of hydrogen-bond donors (Lipinski definition) is 1. The Morgan fingerprint density at radius 2 is 2.44 bits per heavy atom. The first-order chi connectivity index (χ1) is 7.79. The highest BCUT2D eigenvalue weighted by molar-refractivity contribution is 8.14. The Hall–Kier alpha value is -1.49. The summed E-state index contributed by atoms with van der Waals surface area (Å²) in [7, 11) is 1.52. The van der Waals surface area contributed by atoms with Gasteiger partial charge in [0.15, 0.2) is 16.7 Å². The summed E-state index contributed by atoms with van der Waals surface area (Å²) in [5.74, 6) is 1.59. The number of benzene rings is 1. The molecule has 0 saturated carbocycles. The Bertz CT molecular complexity index is 444. The lowest BCUT2D eigenvalue weighted by Crippen LogP contribution is -1.89. The van der Waals surface area contributed by atoms with Gasteiger partial charge in [0.1, 0.15) is 0 Å². The molecule has 0 aliphatic carbocycles. The smallest absolute Gasteiger partial charge is 0.182 e. The van der Waals surface area contributed by atoms with Crippen LogP contribution in [-0.2, 0) is 0 Å². The third kappa shape index (κ3) is 2.55. The predicted molar refractivity (Wildman–Crippen MR) is 67.0 cm³/mol. The van der Waals surface area contributed by atoms with Crippen LogP contribution >= 0.6 is 11.8 Å². The number of phenols is 1. The minimum atomic E-state index is 0.132. The first-order valence-electron chi connectivity index (χ1n) is 4.88. The summed E-state index contributed by atoms with van der Waals surface area (Å²) in [6, 6.07) is 5.10. The maximum Gasteiger partial charge on any atom is 0.182 e. The van der Waals surface area contributed by atoms with Gasteiger partial charge in [0.2, 0.25) is 0 Å². The molecule has 0 bridgehead atoms. The number of hydrogen-bond acceptors (Lipinski definition) is 5. The maximum atomic E-state index is 9.42. The zero-order chi connectivity index (χ0) is 11.4. The fourth-order valence-electron chi connectivity index (χ4n) is 1.31. The van der Waals surface area contributed by atoms with Crippen LogP contribution in [0.3, 0.4) is 0 Å². The van der Waals surface area contributed by atoms with Crippen LogP contribution in [0.4, 0.5) is 0 Å². The molecular formula is C11H12N2O2S. The van der Waals surface area contributed by atoms with Crippen molar-refractivity contribution in [3.05, 3.63) is 23.8 Å². The standard InChI is InChI=1S/C11H12N2O2S/c1-15-10-6-8(2-3-9(10)14)7-13-11-12-4-5-16-11/h2-3,6-7,14H,4-5H2,1H3/b13-7+. The van der Waals surface area contributed by atoms with E-state index < -0.39 is 0 Å². The van der Waals surface area contributed by atoms with Gasteiger partial charge in [-0.1, -0.05) is 11.8 Å². The molecule has 5 heteroatoms. The molecule has 4 nitrogen and oxygen atoms in total. The van der Waals surface area contributed by atoms with Gasteiger partial charge in [-0.3, -0.25) is 4.99 Å². The molecule has 0 spiro atoms. The van der Waals surface area contributed by atoms with Gasteiger partial charge in [-0.2, -0.15) is 0 Å². The average molecular weight is 236 g/mol. The van der Waals surface area contributed by atoms with Gasteiger partial charge in [-0.25, -0.2) is 4.99 Å². The van der Waals surface area contributed by atoms with Gasteiger partial charge >= 0.3 is 0 Å². The van der Waals surface area contributed by atoms with E-state index in [9.17, 15) is 5.11 Å². The van der Waals surface area contributed by atoms with Crippen molar-refractivity contribution >= 4 is 23.1 Å². The molecule has 0 amide bonds. The molecule has 16 heavy (non-hydrogen) atoms. The van der Waals surface area contributed by atoms with E-state index in [-0.39, 0.29) is 5.75 Å². The van der Waals surface area contributed by atoms with Gasteiger partial charge in [-0.15, -0.1) is 0 Å². The fourth-order valence-corrected chi connectivity index (χ4v) is 1.98. The van der Waals surface area contributed by atoms with Gasteiger partial charge in [0, 0.05) is 12.0 Å². The highest BCUT2D eigenvalue weighted by atomic mass is 32.2. The minimum Gasteiger partial charge on any atom is -0.504 e. The number of rotatable bonds is 2. The van der Waals surface area contributed by atoms with E-state index in [0.29, 0.717) is 5.75 Å². The molecule has 0 aromatic heterocycles. The number of thioether (sulfide) groups is 1. The van der Waals surface area contributed by atoms with Crippen LogP contribution in [0.25, 0.3) is 0 Å². The Morgan fingerprint density at radius 3 is 3.12 bits per heavy atom. The lowest BCUT2D eigenvalue weighted by Gasteiger charge is -2.03. The summed E-state index contributed by atoms with van der Waals surface area (Å²) in [5, 5.41) is 10.2. The quantitative estimate of drug-likeness (QED) is 0.798. The van der Waals surface area contributed by atoms with Crippen molar-refractivity contribution < 1.29 is 9.84 Å². The monoisotopic (exact) mass is 236 g/mol. The molecule has 1 N–H and O–H groups in total. The number of ether oxygens (including phenoxy) is 1. The van der Waals surface area contributed by atoms with Gasteiger partial charge in [0.05, 0.1) is 13.7 Å². The molecule has 84 valence electrons. The fraction of sp³-hybridized carbons (Fsp3) is 0.273. The van der Waals surface area contributed by atoms with Crippen LogP contribution in [-0.4, -0.2) is 35.9 Å². The van der Waals surface area contributed by atoms with E-state index in [1.165, 1.54) is 7.11 Å². The zero-order valence-corrected chi connectivity index (χ0v) is 9.70. The van der Waals surface area contributed by atoms with Crippen LogP contribution in [0.1, 0.15) is 5.56 Å². The molecule has 2 rings (SSSR count). The van der Waals surface area contributed by atoms with Crippen molar-refractivity contribution in [1.82, 2.24) is 0 Å². The van der Waals surface area contributed by atoms with Gasteiger partial charge in [0.25, 0.3) is 0 Å². The Morgan fingerprint density at radius 1 is 1.56 bits per heavy atom. The Labute approximate surface area is 98.1 Å². The minimum absolute atomic E-state index is 0.132. The van der Waals surface area contributed by atoms with E-state index in [2.05, 4.69) is 9.98 Å². The highest BCUT2D eigenvalue weighted by Crippen LogP contribution is 2.25. The SMILES string of the molecule is COc1cc(/C=N/C2=NCCS2)ccc1O. The van der Waals surface area contributed by atoms with Gasteiger partial charge in [-0.05, 0) is 23.8 Å². The summed E-state index contributed by atoms with van der Waals surface area (Å²) in [4.78, 5) is 8.46. The van der Waals surface area contributed by atoms with Crippen molar-refractivity contribution in [2.24, 2.45) is 9.98 Å². The third-order valence-electron chi connectivity index (χ3n) is 2.10. The molecule has 0 saturated heterocycles. The van der Waals surface area contributed by atoms with Crippen molar-refractivity contribution in [2.75, 3.05) is 19.4 Å². The third-order valence-corrected chi connectivity index (χ3v) is 2.98. The van der Waals surface area contributed by atoms with Crippen molar-refractivity contribution in [2.45, 2.75) is 0 Å². The number of phenolic OH excluding ortho intramolecular Hbond substituents is 1. The number of aliphatic imine (C=N–C) groups is 2. The molecule has 1 aromatic carbocycles. The topological polar surface area (TPSA) is 54.2 Å². The molecule has 1 heterocycles. The van der Waals surface area contributed by atoms with Crippen LogP contribution in [0.15, 0.2) is 28.2 Å². The lowest BCUT2D eigenvalue weighted by atomic mass is 10.2. The molecule has 0 fully saturated rings. The Balaban J connectivity index is 2.15. The molecule has 0 unspecified atom stereocenters. The highest BCUT2D eigenvalue weighted by Gasteiger charge is 2.04. The largest absolute Gasteiger partial charge is 0.504 e. The van der Waals surface area contributed by atoms with E-state index in [0.717, 1.165) is 23.0 Å². The lowest BCUT2D eigenvalue weighted by molar-refractivity contribution is 0.373. The summed E-state index contributed by atoms with van der Waals surface area (Å²) in [6.07, 6.45) is 1.72. The van der Waals surface area contributed by atoms with E-state index in [4.69, 9.17) is 4.74 Å². The van der Waals surface area contributed by atoms with E-state index >= 15 is 0 Å². The summed E-state index contributed by atoms with van der Waals surface area (Å²) in [6.45, 7) is 0.843. The normalized spacial score (nSPS) is 15.4. The van der Waals surface area contributed by atoms with Crippen LogP contribution in [0.2, 0.25) is 0 Å². The molecular weight excluding hydrogens is 224 g/mol. The number of amidine groups is 1. The van der Waals surface area contributed by atoms with Gasteiger partial charge < -0.3 is 9.84 Å². The molecule has 1 aromatic rings.